The third-order valence-corrected chi connectivity index (χ3v) is 3.88. The molecule has 0 spiro atoms. The Morgan fingerprint density at radius 3 is 2.65 bits per heavy atom. The van der Waals surface area contributed by atoms with Crippen LogP contribution in [-0.2, 0) is 19.6 Å². The van der Waals surface area contributed by atoms with Crippen LogP contribution in [0.15, 0.2) is 12.7 Å². The number of likely N-dealkylation sites (tertiary alicyclic amines) is 1. The summed E-state index contributed by atoms with van der Waals surface area (Å²) in [5.74, 6) is -1.70. The molecular formula is C9H14N2O5S. The van der Waals surface area contributed by atoms with Gasteiger partial charge >= 0.3 is 5.97 Å². The third kappa shape index (κ3) is 3.04. The molecule has 3 N–H and O–H groups in total. The predicted octanol–water partition coefficient (Wildman–Crippen LogP) is -1.09. The second-order valence-corrected chi connectivity index (χ2v) is 5.68. The minimum Gasteiger partial charge on any atom is -0.480 e. The van der Waals surface area contributed by atoms with E-state index in [-0.39, 0.29) is 19.4 Å². The van der Waals surface area contributed by atoms with Crippen LogP contribution in [0.25, 0.3) is 0 Å². The molecule has 0 aromatic heterocycles. The first kappa shape index (κ1) is 13.7. The highest BCUT2D eigenvalue weighted by Gasteiger charge is 2.41. The van der Waals surface area contributed by atoms with Gasteiger partial charge < -0.3 is 10.0 Å². The number of aliphatic carboxylic acids is 1. The van der Waals surface area contributed by atoms with E-state index >= 15 is 0 Å². The highest BCUT2D eigenvalue weighted by molar-refractivity contribution is 7.89. The van der Waals surface area contributed by atoms with E-state index in [0.717, 1.165) is 4.90 Å². The molecule has 0 radical (unpaired) electrons. The minimum absolute atomic E-state index is 0.0679. The van der Waals surface area contributed by atoms with Crippen molar-refractivity contribution >= 4 is 21.9 Å². The van der Waals surface area contributed by atoms with Crippen molar-refractivity contribution in [3.8, 4) is 0 Å². The summed E-state index contributed by atoms with van der Waals surface area (Å²) in [5, 5.41) is 12.9. The van der Waals surface area contributed by atoms with E-state index in [1.807, 2.05) is 0 Å². The van der Waals surface area contributed by atoms with E-state index in [1.165, 1.54) is 6.08 Å². The van der Waals surface area contributed by atoms with Crippen LogP contribution in [0.3, 0.4) is 0 Å². The molecule has 17 heavy (non-hydrogen) atoms. The molecule has 2 unspecified atom stereocenters. The highest BCUT2D eigenvalue weighted by Crippen LogP contribution is 2.20. The molecular weight excluding hydrogens is 248 g/mol. The Balaban J connectivity index is 2.89. The monoisotopic (exact) mass is 262 g/mol. The van der Waals surface area contributed by atoms with Crippen molar-refractivity contribution in [3.05, 3.63) is 12.7 Å². The number of hydrogen-bond acceptors (Lipinski definition) is 4. The summed E-state index contributed by atoms with van der Waals surface area (Å²) in [6.45, 7) is 3.22. The van der Waals surface area contributed by atoms with Crippen LogP contribution in [0.1, 0.15) is 12.8 Å². The summed E-state index contributed by atoms with van der Waals surface area (Å²) in [6.07, 6.45) is 1.18. The van der Waals surface area contributed by atoms with Gasteiger partial charge in [-0.05, 0) is 6.42 Å². The summed E-state index contributed by atoms with van der Waals surface area (Å²) in [7, 11) is -3.82. The normalized spacial score (nSPS) is 22.5. The lowest BCUT2D eigenvalue weighted by molar-refractivity contribution is -0.148. The molecule has 0 bridgehead atoms. The van der Waals surface area contributed by atoms with Gasteiger partial charge in [-0.25, -0.2) is 18.4 Å². The summed E-state index contributed by atoms with van der Waals surface area (Å²) < 4.78 is 22.2. The molecule has 0 aromatic rings. The number of nitrogens with zero attached hydrogens (tertiary/aromatic N) is 1. The average molecular weight is 262 g/mol. The SMILES string of the molecule is C=CCC(C(=O)O)N1CC(S(N)(=O)=O)CC1=O. The lowest BCUT2D eigenvalue weighted by Crippen LogP contribution is -2.43. The minimum atomic E-state index is -3.82. The highest BCUT2D eigenvalue weighted by atomic mass is 32.2. The molecule has 1 saturated heterocycles. The Morgan fingerprint density at radius 1 is 1.71 bits per heavy atom. The van der Waals surface area contributed by atoms with E-state index in [1.54, 1.807) is 0 Å². The van der Waals surface area contributed by atoms with Gasteiger partial charge in [0, 0.05) is 13.0 Å². The standard InChI is InChI=1S/C9H14N2O5S/c1-2-3-7(9(13)14)11-5-6(4-8(11)12)17(10,15)16/h2,6-7H,1,3-5H2,(H,13,14)(H2,10,15,16). The Bertz CT molecular complexity index is 444. The van der Waals surface area contributed by atoms with Gasteiger partial charge in [-0.15, -0.1) is 6.58 Å². The second-order valence-electron chi connectivity index (χ2n) is 3.84. The zero-order valence-corrected chi connectivity index (χ0v) is 9.89. The number of amides is 1. The quantitative estimate of drug-likeness (QED) is 0.610. The van der Waals surface area contributed by atoms with Gasteiger partial charge in [0.25, 0.3) is 0 Å². The van der Waals surface area contributed by atoms with Crippen molar-refractivity contribution in [2.45, 2.75) is 24.1 Å². The number of rotatable bonds is 5. The van der Waals surface area contributed by atoms with Crippen molar-refractivity contribution in [1.29, 1.82) is 0 Å². The van der Waals surface area contributed by atoms with Crippen molar-refractivity contribution < 1.29 is 23.1 Å². The number of hydrogen-bond donors (Lipinski definition) is 2. The fraction of sp³-hybridized carbons (Fsp3) is 0.556. The molecule has 8 heteroatoms. The average Bonchev–Trinajstić information content (AvgIpc) is 2.55. The Kier molecular flexibility index (Phi) is 3.89. The zero-order valence-electron chi connectivity index (χ0n) is 9.07. The van der Waals surface area contributed by atoms with Crippen molar-refractivity contribution in [1.82, 2.24) is 4.90 Å². The largest absolute Gasteiger partial charge is 0.480 e. The fourth-order valence-corrected chi connectivity index (χ4v) is 2.48. The molecule has 1 aliphatic rings. The van der Waals surface area contributed by atoms with Gasteiger partial charge in [0.1, 0.15) is 11.3 Å². The van der Waals surface area contributed by atoms with Crippen LogP contribution in [-0.4, -0.2) is 48.1 Å². The molecule has 96 valence electrons. The molecule has 1 rings (SSSR count). The van der Waals surface area contributed by atoms with E-state index < -0.39 is 33.2 Å². The number of nitrogens with two attached hydrogens (primary N) is 1. The molecule has 1 amide bonds. The lowest BCUT2D eigenvalue weighted by Gasteiger charge is -2.23. The van der Waals surface area contributed by atoms with Crippen molar-refractivity contribution in [3.63, 3.8) is 0 Å². The van der Waals surface area contributed by atoms with Crippen LogP contribution < -0.4 is 5.14 Å². The maximum absolute atomic E-state index is 11.6. The topological polar surface area (TPSA) is 118 Å². The number of carbonyl (C=O) groups excluding carboxylic acids is 1. The fourth-order valence-electron chi connectivity index (χ4n) is 1.74. The first-order valence-corrected chi connectivity index (χ1v) is 6.53. The molecule has 7 nitrogen and oxygen atoms in total. The molecule has 0 aromatic carbocycles. The molecule has 0 aliphatic carbocycles. The number of carbonyl (C=O) groups is 2. The summed E-state index contributed by atoms with van der Waals surface area (Å²) in [6, 6.07) is -1.08. The predicted molar refractivity (Wildman–Crippen MR) is 59.5 cm³/mol. The van der Waals surface area contributed by atoms with E-state index in [4.69, 9.17) is 10.2 Å². The maximum Gasteiger partial charge on any atom is 0.326 e. The molecule has 0 saturated carbocycles. The van der Waals surface area contributed by atoms with Crippen LogP contribution in [0.4, 0.5) is 0 Å². The van der Waals surface area contributed by atoms with Crippen molar-refractivity contribution in [2.75, 3.05) is 6.54 Å². The number of carboxylic acid groups (broad SMARTS) is 1. The Labute approximate surface area is 98.9 Å². The molecule has 1 heterocycles. The second kappa shape index (κ2) is 4.84. The zero-order chi connectivity index (χ0) is 13.2. The van der Waals surface area contributed by atoms with Gasteiger partial charge in [0.05, 0.1) is 0 Å². The first-order chi connectivity index (χ1) is 7.77. The maximum atomic E-state index is 11.6. The van der Waals surface area contributed by atoms with Crippen LogP contribution in [0, 0.1) is 0 Å². The van der Waals surface area contributed by atoms with Gasteiger partial charge in [-0.1, -0.05) is 6.08 Å². The number of sulfonamides is 1. The van der Waals surface area contributed by atoms with Crippen LogP contribution in [0.5, 0.6) is 0 Å². The molecule has 2 atom stereocenters. The molecule has 1 fully saturated rings. The van der Waals surface area contributed by atoms with Gasteiger partial charge in [0.15, 0.2) is 0 Å². The Hall–Kier alpha value is -1.41. The lowest BCUT2D eigenvalue weighted by atomic mass is 10.2. The summed E-state index contributed by atoms with van der Waals surface area (Å²) in [5.41, 5.74) is 0. The smallest absolute Gasteiger partial charge is 0.326 e. The van der Waals surface area contributed by atoms with Gasteiger partial charge in [-0.3, -0.25) is 4.79 Å². The van der Waals surface area contributed by atoms with E-state index in [2.05, 4.69) is 6.58 Å². The Morgan fingerprint density at radius 2 is 2.29 bits per heavy atom. The van der Waals surface area contributed by atoms with Crippen LogP contribution in [0.2, 0.25) is 0 Å². The summed E-state index contributed by atoms with van der Waals surface area (Å²) in [4.78, 5) is 23.5. The number of primary sulfonamides is 1. The van der Waals surface area contributed by atoms with Crippen molar-refractivity contribution in [2.24, 2.45) is 5.14 Å². The van der Waals surface area contributed by atoms with Crippen LogP contribution >= 0.6 is 0 Å². The van der Waals surface area contributed by atoms with Gasteiger partial charge in [0.2, 0.25) is 15.9 Å². The number of carboxylic acids is 1. The van der Waals surface area contributed by atoms with Gasteiger partial charge in [-0.2, -0.15) is 0 Å². The third-order valence-electron chi connectivity index (χ3n) is 2.64. The van der Waals surface area contributed by atoms with E-state index in [9.17, 15) is 18.0 Å². The summed E-state index contributed by atoms with van der Waals surface area (Å²) >= 11 is 0. The first-order valence-electron chi connectivity index (χ1n) is 4.92. The molecule has 1 aliphatic heterocycles. The van der Waals surface area contributed by atoms with E-state index in [0.29, 0.717) is 0 Å².